The van der Waals surface area contributed by atoms with Gasteiger partial charge in [0.05, 0.1) is 4.90 Å². The van der Waals surface area contributed by atoms with Gasteiger partial charge < -0.3 is 9.73 Å². The normalized spacial score (nSPS) is 11.2. The number of benzene rings is 3. The number of hydrogen-bond acceptors (Lipinski definition) is 6. The second-order valence-electron chi connectivity index (χ2n) is 7.71. The summed E-state index contributed by atoms with van der Waals surface area (Å²) in [5.41, 5.74) is 3.11. The Kier molecular flexibility index (Phi) is 7.03. The molecule has 2 N–H and O–H groups in total. The Labute approximate surface area is 198 Å². The molecule has 1 amide bonds. The minimum atomic E-state index is -3.86. The molecule has 34 heavy (non-hydrogen) atoms. The minimum Gasteiger partial charge on any atom is -0.423 e. The van der Waals surface area contributed by atoms with Crippen LogP contribution in [0.25, 0.3) is 11.5 Å². The molecule has 0 saturated carbocycles. The number of aryl methyl sites for hydroxylation is 1. The van der Waals surface area contributed by atoms with E-state index in [1.54, 1.807) is 42.5 Å². The molecule has 0 aliphatic rings. The van der Waals surface area contributed by atoms with Gasteiger partial charge in [-0.1, -0.05) is 31.5 Å². The van der Waals surface area contributed by atoms with Crippen molar-refractivity contribution in [3.8, 4) is 11.5 Å². The molecule has 4 rings (SSSR count). The highest BCUT2D eigenvalue weighted by Gasteiger charge is 2.17. The number of sulfonamides is 1. The van der Waals surface area contributed by atoms with Crippen LogP contribution in [-0.4, -0.2) is 24.5 Å². The average Bonchev–Trinajstić information content (AvgIpc) is 3.39. The Bertz CT molecular complexity index is 1350. The fourth-order valence-corrected chi connectivity index (χ4v) is 4.44. The van der Waals surface area contributed by atoms with E-state index in [2.05, 4.69) is 27.2 Å². The van der Waals surface area contributed by atoms with E-state index in [4.69, 9.17) is 4.42 Å². The molecule has 0 unspecified atom stereocenters. The summed E-state index contributed by atoms with van der Waals surface area (Å²) in [4.78, 5) is 12.7. The Balaban J connectivity index is 1.44. The van der Waals surface area contributed by atoms with Crippen molar-refractivity contribution in [2.75, 3.05) is 10.0 Å². The highest BCUT2D eigenvalue weighted by atomic mass is 32.2. The van der Waals surface area contributed by atoms with Crippen LogP contribution in [0, 0.1) is 0 Å². The molecule has 0 aliphatic carbocycles. The summed E-state index contributed by atoms with van der Waals surface area (Å²) in [5, 5.41) is 10.2. The summed E-state index contributed by atoms with van der Waals surface area (Å²) in [6, 6.07) is 20.1. The largest absolute Gasteiger partial charge is 0.423 e. The summed E-state index contributed by atoms with van der Waals surface area (Å²) in [6.45, 7) is 2.13. The average molecular weight is 477 g/mol. The Morgan fingerprint density at radius 1 is 0.971 bits per heavy atom. The second-order valence-corrected chi connectivity index (χ2v) is 9.39. The molecular formula is C25H24N4O4S. The first kappa shape index (κ1) is 23.2. The van der Waals surface area contributed by atoms with Gasteiger partial charge in [-0.25, -0.2) is 8.42 Å². The van der Waals surface area contributed by atoms with Crippen LogP contribution < -0.4 is 10.0 Å². The third-order valence-electron chi connectivity index (χ3n) is 5.18. The Morgan fingerprint density at radius 2 is 1.71 bits per heavy atom. The third kappa shape index (κ3) is 5.68. The lowest BCUT2D eigenvalue weighted by Crippen LogP contribution is -2.16. The lowest BCUT2D eigenvalue weighted by Gasteiger charge is -2.11. The van der Waals surface area contributed by atoms with Gasteiger partial charge in [-0.05, 0) is 73.0 Å². The van der Waals surface area contributed by atoms with Crippen LogP contribution in [0.3, 0.4) is 0 Å². The van der Waals surface area contributed by atoms with Crippen molar-refractivity contribution in [3.05, 3.63) is 90.3 Å². The summed E-state index contributed by atoms with van der Waals surface area (Å²) in [6.07, 6.45) is 4.39. The van der Waals surface area contributed by atoms with Gasteiger partial charge in [-0.15, -0.1) is 10.2 Å². The fraction of sp³-hybridized carbons (Fsp3) is 0.160. The van der Waals surface area contributed by atoms with Crippen LogP contribution in [0.15, 0.2) is 88.5 Å². The van der Waals surface area contributed by atoms with E-state index in [9.17, 15) is 13.2 Å². The molecule has 0 spiro atoms. The van der Waals surface area contributed by atoms with Crippen molar-refractivity contribution < 1.29 is 17.6 Å². The van der Waals surface area contributed by atoms with Gasteiger partial charge in [-0.3, -0.25) is 9.52 Å². The molecular weight excluding hydrogens is 452 g/mol. The van der Waals surface area contributed by atoms with E-state index in [1.807, 2.05) is 12.1 Å². The molecule has 1 heterocycles. The maximum atomic E-state index is 12.9. The number of carbonyl (C=O) groups excluding carboxylic acids is 1. The van der Waals surface area contributed by atoms with E-state index < -0.39 is 15.9 Å². The molecule has 0 atom stereocenters. The first-order chi connectivity index (χ1) is 16.4. The number of nitrogens with zero attached hydrogens (tertiary/aromatic N) is 2. The highest BCUT2D eigenvalue weighted by molar-refractivity contribution is 7.92. The highest BCUT2D eigenvalue weighted by Crippen LogP contribution is 2.21. The molecule has 3 aromatic carbocycles. The first-order valence-electron chi connectivity index (χ1n) is 10.8. The fourth-order valence-electron chi connectivity index (χ4n) is 3.34. The predicted molar refractivity (Wildman–Crippen MR) is 130 cm³/mol. The van der Waals surface area contributed by atoms with Crippen LogP contribution in [0.4, 0.5) is 11.4 Å². The number of rotatable bonds is 9. The molecule has 4 aromatic rings. The van der Waals surface area contributed by atoms with Crippen molar-refractivity contribution in [3.63, 3.8) is 0 Å². The molecule has 0 saturated heterocycles. The first-order valence-corrected chi connectivity index (χ1v) is 12.3. The zero-order valence-electron chi connectivity index (χ0n) is 18.6. The minimum absolute atomic E-state index is 0.00181. The smallest absolute Gasteiger partial charge is 0.261 e. The number of amides is 1. The van der Waals surface area contributed by atoms with Crippen LogP contribution in [0.5, 0.6) is 0 Å². The summed E-state index contributed by atoms with van der Waals surface area (Å²) in [5.74, 6) is -0.0539. The van der Waals surface area contributed by atoms with Crippen LogP contribution in [0.2, 0.25) is 0 Å². The topological polar surface area (TPSA) is 114 Å². The van der Waals surface area contributed by atoms with E-state index in [0.717, 1.165) is 24.8 Å². The zero-order chi connectivity index (χ0) is 24.0. The van der Waals surface area contributed by atoms with Gasteiger partial charge in [0.25, 0.3) is 15.9 Å². The third-order valence-corrected chi connectivity index (χ3v) is 6.56. The van der Waals surface area contributed by atoms with Crippen molar-refractivity contribution in [1.82, 2.24) is 10.2 Å². The quantitative estimate of drug-likeness (QED) is 0.346. The Morgan fingerprint density at radius 3 is 2.38 bits per heavy atom. The van der Waals surface area contributed by atoms with Crippen molar-refractivity contribution >= 4 is 27.3 Å². The van der Waals surface area contributed by atoms with Gasteiger partial charge in [-0.2, -0.15) is 0 Å². The maximum absolute atomic E-state index is 12.9. The van der Waals surface area contributed by atoms with E-state index in [1.165, 1.54) is 24.6 Å². The summed E-state index contributed by atoms with van der Waals surface area (Å²) in [7, 11) is -3.86. The molecule has 9 heteroatoms. The van der Waals surface area contributed by atoms with Crippen molar-refractivity contribution in [1.29, 1.82) is 0 Å². The number of carbonyl (C=O) groups is 1. The van der Waals surface area contributed by atoms with Gasteiger partial charge in [0, 0.05) is 22.5 Å². The summed E-state index contributed by atoms with van der Waals surface area (Å²) >= 11 is 0. The number of hydrogen-bond donors (Lipinski definition) is 2. The van der Waals surface area contributed by atoms with E-state index >= 15 is 0 Å². The van der Waals surface area contributed by atoms with Gasteiger partial charge in [0.1, 0.15) is 0 Å². The molecule has 174 valence electrons. The Hall–Kier alpha value is -3.98. The van der Waals surface area contributed by atoms with E-state index in [-0.39, 0.29) is 10.5 Å². The number of anilines is 2. The van der Waals surface area contributed by atoms with Crippen LogP contribution in [-0.2, 0) is 16.4 Å². The van der Waals surface area contributed by atoms with Crippen LogP contribution in [0.1, 0.15) is 35.7 Å². The second kappa shape index (κ2) is 10.3. The summed E-state index contributed by atoms with van der Waals surface area (Å²) < 4.78 is 33.5. The van der Waals surface area contributed by atoms with Gasteiger partial charge in [0.15, 0.2) is 0 Å². The lowest BCUT2D eigenvalue weighted by molar-refractivity contribution is 0.102. The molecule has 1 aromatic heterocycles. The number of nitrogens with one attached hydrogen (secondary N) is 2. The molecule has 0 radical (unpaired) electrons. The molecule has 0 fully saturated rings. The van der Waals surface area contributed by atoms with Crippen molar-refractivity contribution in [2.24, 2.45) is 0 Å². The standard InChI is InChI=1S/C25H24N4O4S/c1-2-3-5-18-8-12-22(13-9-18)29-34(31,32)23-7-4-6-20(16-23)24(30)27-21-14-10-19(11-15-21)25-28-26-17-33-25/h4,6-17,29H,2-3,5H2,1H3,(H,27,30). The van der Waals surface area contributed by atoms with Gasteiger partial charge in [0.2, 0.25) is 12.3 Å². The van der Waals surface area contributed by atoms with Crippen molar-refractivity contribution in [2.45, 2.75) is 31.1 Å². The molecule has 0 bridgehead atoms. The number of unbranched alkanes of at least 4 members (excludes halogenated alkanes) is 1. The maximum Gasteiger partial charge on any atom is 0.261 e. The number of aromatic nitrogens is 2. The molecule has 0 aliphatic heterocycles. The zero-order valence-corrected chi connectivity index (χ0v) is 19.4. The monoisotopic (exact) mass is 476 g/mol. The van der Waals surface area contributed by atoms with E-state index in [0.29, 0.717) is 22.8 Å². The molecule has 8 nitrogen and oxygen atoms in total. The van der Waals surface area contributed by atoms with Gasteiger partial charge >= 0.3 is 0 Å². The SMILES string of the molecule is CCCCc1ccc(NS(=O)(=O)c2cccc(C(=O)Nc3ccc(-c4nnco4)cc3)c2)cc1. The predicted octanol–water partition coefficient (Wildman–Crippen LogP) is 5.13. The van der Waals surface area contributed by atoms with Crippen LogP contribution >= 0.6 is 0 Å². The lowest BCUT2D eigenvalue weighted by atomic mass is 10.1.